The molecule has 0 saturated carbocycles. The Kier molecular flexibility index (Phi) is 5.83. The number of hydrogen-bond donors (Lipinski definition) is 2. The quantitative estimate of drug-likeness (QED) is 0.872. The smallest absolute Gasteiger partial charge is 0.306 e. The number of likely N-dealkylation sites (tertiary alicyclic amines) is 1. The number of carboxylic acids is 1. The van der Waals surface area contributed by atoms with E-state index in [0.29, 0.717) is 42.2 Å². The van der Waals surface area contributed by atoms with Crippen molar-refractivity contribution >= 4 is 35.1 Å². The van der Waals surface area contributed by atoms with Crippen molar-refractivity contribution in [1.29, 1.82) is 0 Å². The molecule has 1 heterocycles. The van der Waals surface area contributed by atoms with Gasteiger partial charge in [-0.2, -0.15) is 0 Å². The molecule has 0 bridgehead atoms. The average Bonchev–Trinajstić information content (AvgIpc) is 2.55. The molecule has 2 N–H and O–H groups in total. The zero-order valence-corrected chi connectivity index (χ0v) is 14.5. The summed E-state index contributed by atoms with van der Waals surface area (Å²) in [5.41, 5.74) is 0.828. The first-order chi connectivity index (χ1) is 11.3. The number of carboxylic acid groups (broad SMARTS) is 1. The first-order valence-corrected chi connectivity index (χ1v) is 8.30. The van der Waals surface area contributed by atoms with Crippen LogP contribution in [0.15, 0.2) is 18.2 Å². The minimum atomic E-state index is -0.821. The van der Waals surface area contributed by atoms with Gasteiger partial charge < -0.3 is 15.3 Å². The van der Waals surface area contributed by atoms with Crippen molar-refractivity contribution in [3.63, 3.8) is 0 Å². The summed E-state index contributed by atoms with van der Waals surface area (Å²) in [5, 5.41) is 12.1. The fourth-order valence-corrected chi connectivity index (χ4v) is 2.75. The fourth-order valence-electron chi connectivity index (χ4n) is 2.55. The Labute approximate surface area is 145 Å². The van der Waals surface area contributed by atoms with Crippen LogP contribution in [0.3, 0.4) is 0 Å². The van der Waals surface area contributed by atoms with Gasteiger partial charge in [0.1, 0.15) is 0 Å². The Morgan fingerprint density at radius 1 is 1.25 bits per heavy atom. The maximum absolute atomic E-state index is 12.7. The highest BCUT2D eigenvalue weighted by Crippen LogP contribution is 2.25. The highest BCUT2D eigenvalue weighted by atomic mass is 35.5. The molecule has 0 aromatic heterocycles. The third-order valence-corrected chi connectivity index (χ3v) is 4.45. The third kappa shape index (κ3) is 4.26. The van der Waals surface area contributed by atoms with E-state index in [1.807, 2.05) is 0 Å². The first kappa shape index (κ1) is 18.3. The number of aliphatic carboxylic acids is 1. The summed E-state index contributed by atoms with van der Waals surface area (Å²) in [4.78, 5) is 37.0. The minimum Gasteiger partial charge on any atom is -0.481 e. The van der Waals surface area contributed by atoms with Crippen LogP contribution < -0.4 is 5.32 Å². The van der Waals surface area contributed by atoms with Gasteiger partial charge in [0, 0.05) is 24.7 Å². The van der Waals surface area contributed by atoms with Gasteiger partial charge in [0.05, 0.1) is 16.5 Å². The van der Waals surface area contributed by atoms with E-state index in [1.54, 1.807) is 36.9 Å². The molecule has 1 fully saturated rings. The van der Waals surface area contributed by atoms with E-state index in [4.69, 9.17) is 16.7 Å². The molecule has 2 rings (SSSR count). The van der Waals surface area contributed by atoms with Gasteiger partial charge in [-0.05, 0) is 31.0 Å². The number of carbonyl (C=O) groups excluding carboxylic acids is 2. The molecular weight excluding hydrogens is 332 g/mol. The number of hydrogen-bond acceptors (Lipinski definition) is 3. The Morgan fingerprint density at radius 3 is 2.42 bits per heavy atom. The molecule has 1 aliphatic heterocycles. The lowest BCUT2D eigenvalue weighted by atomic mass is 9.96. The molecule has 1 aromatic carbocycles. The normalized spacial score (nSPS) is 15.4. The molecule has 0 spiro atoms. The second-order valence-electron chi connectivity index (χ2n) is 6.24. The van der Waals surface area contributed by atoms with Gasteiger partial charge in [0.15, 0.2) is 0 Å². The van der Waals surface area contributed by atoms with Gasteiger partial charge in [-0.1, -0.05) is 25.4 Å². The predicted molar refractivity (Wildman–Crippen MR) is 91.2 cm³/mol. The van der Waals surface area contributed by atoms with E-state index in [-0.39, 0.29) is 17.7 Å². The molecule has 0 radical (unpaired) electrons. The lowest BCUT2D eigenvalue weighted by Gasteiger charge is -2.30. The monoisotopic (exact) mass is 352 g/mol. The molecule has 24 heavy (non-hydrogen) atoms. The van der Waals surface area contributed by atoms with Crippen molar-refractivity contribution in [2.45, 2.75) is 26.7 Å². The average molecular weight is 353 g/mol. The summed E-state index contributed by atoms with van der Waals surface area (Å²) in [6, 6.07) is 4.79. The lowest BCUT2D eigenvalue weighted by Crippen LogP contribution is -2.40. The van der Waals surface area contributed by atoms with Gasteiger partial charge in [-0.25, -0.2) is 0 Å². The zero-order chi connectivity index (χ0) is 17.9. The van der Waals surface area contributed by atoms with Gasteiger partial charge >= 0.3 is 5.97 Å². The van der Waals surface area contributed by atoms with Crippen molar-refractivity contribution < 1.29 is 19.5 Å². The largest absolute Gasteiger partial charge is 0.481 e. The maximum atomic E-state index is 12.7. The molecule has 0 atom stereocenters. The Bertz CT molecular complexity index is 652. The topological polar surface area (TPSA) is 86.7 Å². The molecular formula is C17H21ClN2O4. The maximum Gasteiger partial charge on any atom is 0.306 e. The van der Waals surface area contributed by atoms with E-state index < -0.39 is 11.9 Å². The van der Waals surface area contributed by atoms with E-state index in [2.05, 4.69) is 5.32 Å². The van der Waals surface area contributed by atoms with Crippen molar-refractivity contribution in [1.82, 2.24) is 4.90 Å². The van der Waals surface area contributed by atoms with Crippen LogP contribution in [0, 0.1) is 11.8 Å². The second-order valence-corrected chi connectivity index (χ2v) is 6.65. The predicted octanol–water partition coefficient (Wildman–Crippen LogP) is 2.87. The van der Waals surface area contributed by atoms with E-state index >= 15 is 0 Å². The summed E-state index contributed by atoms with van der Waals surface area (Å²) in [7, 11) is 0. The summed E-state index contributed by atoms with van der Waals surface area (Å²) in [5.74, 6) is -1.78. The number of halogens is 1. The SMILES string of the molecule is CC(C)C(=O)Nc1ccc(Cl)c(C(=O)N2CCC(C(=O)O)CC2)c1. The number of piperidine rings is 1. The molecule has 6 nitrogen and oxygen atoms in total. The number of rotatable bonds is 4. The summed E-state index contributed by atoms with van der Waals surface area (Å²) < 4.78 is 0. The summed E-state index contributed by atoms with van der Waals surface area (Å²) in [6.07, 6.45) is 0.866. The molecule has 1 aliphatic rings. The van der Waals surface area contributed by atoms with Gasteiger partial charge in [-0.15, -0.1) is 0 Å². The van der Waals surface area contributed by atoms with Crippen LogP contribution in [0.4, 0.5) is 5.69 Å². The van der Waals surface area contributed by atoms with Crippen LogP contribution in [0.5, 0.6) is 0 Å². The minimum absolute atomic E-state index is 0.141. The summed E-state index contributed by atoms with van der Waals surface area (Å²) >= 11 is 6.13. The van der Waals surface area contributed by atoms with E-state index in [0.717, 1.165) is 0 Å². The highest BCUT2D eigenvalue weighted by Gasteiger charge is 2.28. The Hall–Kier alpha value is -2.08. The van der Waals surface area contributed by atoms with Crippen LogP contribution >= 0.6 is 11.6 Å². The van der Waals surface area contributed by atoms with Crippen molar-refractivity contribution in [3.05, 3.63) is 28.8 Å². The van der Waals surface area contributed by atoms with Crippen LogP contribution in [0.25, 0.3) is 0 Å². The van der Waals surface area contributed by atoms with Crippen LogP contribution in [-0.4, -0.2) is 40.9 Å². The zero-order valence-electron chi connectivity index (χ0n) is 13.7. The number of carbonyl (C=O) groups is 3. The number of anilines is 1. The standard InChI is InChI=1S/C17H21ClN2O4/c1-10(2)15(21)19-12-3-4-14(18)13(9-12)16(22)20-7-5-11(6-8-20)17(23)24/h3-4,9-11H,5-8H2,1-2H3,(H,19,21)(H,23,24). The molecule has 130 valence electrons. The molecule has 1 saturated heterocycles. The lowest BCUT2D eigenvalue weighted by molar-refractivity contribution is -0.143. The van der Waals surface area contributed by atoms with E-state index in [9.17, 15) is 14.4 Å². The second kappa shape index (κ2) is 7.66. The third-order valence-electron chi connectivity index (χ3n) is 4.12. The van der Waals surface area contributed by atoms with Gasteiger partial charge in [0.2, 0.25) is 5.91 Å². The molecule has 0 aliphatic carbocycles. The van der Waals surface area contributed by atoms with Crippen molar-refractivity contribution in [2.75, 3.05) is 18.4 Å². The molecule has 7 heteroatoms. The van der Waals surface area contributed by atoms with Crippen LogP contribution in [0.2, 0.25) is 5.02 Å². The summed E-state index contributed by atoms with van der Waals surface area (Å²) in [6.45, 7) is 4.33. The van der Waals surface area contributed by atoms with Gasteiger partial charge in [0.25, 0.3) is 5.91 Å². The van der Waals surface area contributed by atoms with E-state index in [1.165, 1.54) is 0 Å². The van der Waals surface area contributed by atoms with Crippen LogP contribution in [0.1, 0.15) is 37.0 Å². The van der Waals surface area contributed by atoms with Crippen LogP contribution in [-0.2, 0) is 9.59 Å². The fraction of sp³-hybridized carbons (Fsp3) is 0.471. The number of nitrogens with one attached hydrogen (secondary N) is 1. The van der Waals surface area contributed by atoms with Crippen molar-refractivity contribution in [2.24, 2.45) is 11.8 Å². The molecule has 2 amide bonds. The Balaban J connectivity index is 2.12. The molecule has 1 aromatic rings. The number of benzene rings is 1. The highest BCUT2D eigenvalue weighted by molar-refractivity contribution is 6.34. The Morgan fingerprint density at radius 2 is 1.88 bits per heavy atom. The van der Waals surface area contributed by atoms with Crippen molar-refractivity contribution in [3.8, 4) is 0 Å². The number of amides is 2. The molecule has 0 unspecified atom stereocenters. The van der Waals surface area contributed by atoms with Gasteiger partial charge in [-0.3, -0.25) is 14.4 Å². The first-order valence-electron chi connectivity index (χ1n) is 7.92. The number of nitrogens with zero attached hydrogens (tertiary/aromatic N) is 1.